The lowest BCUT2D eigenvalue weighted by molar-refractivity contribution is 0.321. The van der Waals surface area contributed by atoms with Gasteiger partial charge in [0.2, 0.25) is 0 Å². The molecule has 14 heavy (non-hydrogen) atoms. The zero-order valence-corrected chi connectivity index (χ0v) is 10.2. The van der Waals surface area contributed by atoms with Gasteiger partial charge in [-0.2, -0.15) is 0 Å². The SMILES string of the molecule is C=CCCCCCCCC.OCCCl. The van der Waals surface area contributed by atoms with Gasteiger partial charge < -0.3 is 5.11 Å². The lowest BCUT2D eigenvalue weighted by atomic mass is 10.1. The molecule has 0 aromatic rings. The summed E-state index contributed by atoms with van der Waals surface area (Å²) in [6.45, 7) is 6.03. The van der Waals surface area contributed by atoms with Crippen molar-refractivity contribution in [2.75, 3.05) is 12.5 Å². The van der Waals surface area contributed by atoms with Crippen LogP contribution in [0.25, 0.3) is 0 Å². The molecular formula is C12H25ClO. The quantitative estimate of drug-likeness (QED) is 0.370. The predicted molar refractivity (Wildman–Crippen MR) is 66.0 cm³/mol. The van der Waals surface area contributed by atoms with E-state index >= 15 is 0 Å². The summed E-state index contributed by atoms with van der Waals surface area (Å²) in [6.07, 6.45) is 11.6. The predicted octanol–water partition coefficient (Wildman–Crippen LogP) is 4.14. The van der Waals surface area contributed by atoms with Crippen molar-refractivity contribution in [2.45, 2.75) is 51.9 Å². The first kappa shape index (κ1) is 16.4. The maximum Gasteiger partial charge on any atom is 0.0566 e. The highest BCUT2D eigenvalue weighted by Gasteiger charge is 1.86. The van der Waals surface area contributed by atoms with Crippen molar-refractivity contribution >= 4 is 11.6 Å². The molecule has 2 heteroatoms. The van der Waals surface area contributed by atoms with Crippen LogP contribution < -0.4 is 0 Å². The standard InChI is InChI=1S/C10H20.C2H5ClO/c1-3-5-7-9-10-8-6-4-2;3-1-2-4/h3H,1,4-10H2,2H3;4H,1-2H2. The number of rotatable bonds is 8. The molecule has 0 bridgehead atoms. The van der Waals surface area contributed by atoms with E-state index in [-0.39, 0.29) is 6.61 Å². The van der Waals surface area contributed by atoms with E-state index in [2.05, 4.69) is 13.5 Å². The highest BCUT2D eigenvalue weighted by molar-refractivity contribution is 6.17. The molecular weight excluding hydrogens is 196 g/mol. The Hall–Kier alpha value is -0.0100. The van der Waals surface area contributed by atoms with Crippen molar-refractivity contribution in [1.82, 2.24) is 0 Å². The molecule has 1 nitrogen and oxygen atoms in total. The normalized spacial score (nSPS) is 9.07. The van der Waals surface area contributed by atoms with Gasteiger partial charge in [-0.3, -0.25) is 0 Å². The molecule has 0 rings (SSSR count). The van der Waals surface area contributed by atoms with Gasteiger partial charge in [0, 0.05) is 5.88 Å². The molecule has 0 amide bonds. The van der Waals surface area contributed by atoms with Crippen molar-refractivity contribution in [1.29, 1.82) is 0 Å². The number of allylic oxidation sites excluding steroid dienone is 1. The van der Waals surface area contributed by atoms with Crippen LogP contribution in [0.4, 0.5) is 0 Å². The van der Waals surface area contributed by atoms with E-state index in [0.717, 1.165) is 0 Å². The summed E-state index contributed by atoms with van der Waals surface area (Å²) in [5.74, 6) is 0.347. The molecule has 0 radical (unpaired) electrons. The molecule has 0 fully saturated rings. The molecule has 0 atom stereocenters. The number of hydrogen-bond donors (Lipinski definition) is 1. The van der Waals surface area contributed by atoms with Crippen LogP contribution in [0.3, 0.4) is 0 Å². The van der Waals surface area contributed by atoms with Gasteiger partial charge in [0.05, 0.1) is 6.61 Å². The van der Waals surface area contributed by atoms with Crippen molar-refractivity contribution < 1.29 is 5.11 Å². The summed E-state index contributed by atoms with van der Waals surface area (Å²) in [7, 11) is 0. The van der Waals surface area contributed by atoms with E-state index in [1.165, 1.54) is 44.9 Å². The Morgan fingerprint density at radius 1 is 1.14 bits per heavy atom. The fourth-order valence-corrected chi connectivity index (χ4v) is 1.07. The summed E-state index contributed by atoms with van der Waals surface area (Å²) in [5.41, 5.74) is 0. The van der Waals surface area contributed by atoms with E-state index in [9.17, 15) is 0 Å². The third kappa shape index (κ3) is 22.7. The van der Waals surface area contributed by atoms with Gasteiger partial charge in [-0.05, 0) is 12.8 Å². The first-order valence-corrected chi connectivity index (χ1v) is 6.14. The Morgan fingerprint density at radius 2 is 1.64 bits per heavy atom. The van der Waals surface area contributed by atoms with Crippen LogP contribution in [0.2, 0.25) is 0 Å². The summed E-state index contributed by atoms with van der Waals surface area (Å²) in [4.78, 5) is 0. The van der Waals surface area contributed by atoms with Crippen LogP contribution in [-0.2, 0) is 0 Å². The fourth-order valence-electron chi connectivity index (χ4n) is 1.07. The summed E-state index contributed by atoms with van der Waals surface area (Å²) < 4.78 is 0. The molecule has 0 saturated heterocycles. The highest BCUT2D eigenvalue weighted by Crippen LogP contribution is 2.06. The van der Waals surface area contributed by atoms with Gasteiger partial charge in [0.15, 0.2) is 0 Å². The molecule has 0 aliphatic heterocycles. The summed E-state index contributed by atoms with van der Waals surface area (Å²) >= 11 is 4.94. The molecule has 0 spiro atoms. The molecule has 0 saturated carbocycles. The minimum absolute atomic E-state index is 0.0849. The van der Waals surface area contributed by atoms with E-state index < -0.39 is 0 Å². The molecule has 0 aromatic heterocycles. The molecule has 86 valence electrons. The van der Waals surface area contributed by atoms with Gasteiger partial charge in [-0.1, -0.05) is 45.1 Å². The van der Waals surface area contributed by atoms with Crippen LogP contribution in [-0.4, -0.2) is 17.6 Å². The van der Waals surface area contributed by atoms with Crippen molar-refractivity contribution in [3.8, 4) is 0 Å². The van der Waals surface area contributed by atoms with E-state index in [1.807, 2.05) is 6.08 Å². The maximum atomic E-state index is 7.74. The second-order valence-corrected chi connectivity index (χ2v) is 3.64. The van der Waals surface area contributed by atoms with Crippen LogP contribution >= 0.6 is 11.6 Å². The monoisotopic (exact) mass is 220 g/mol. The second kappa shape index (κ2) is 18.7. The molecule has 0 aliphatic carbocycles. The third-order valence-corrected chi connectivity index (χ3v) is 2.02. The minimum atomic E-state index is 0.0849. The van der Waals surface area contributed by atoms with Gasteiger partial charge in [0.25, 0.3) is 0 Å². The van der Waals surface area contributed by atoms with E-state index in [4.69, 9.17) is 16.7 Å². The van der Waals surface area contributed by atoms with Gasteiger partial charge in [-0.25, -0.2) is 0 Å². The topological polar surface area (TPSA) is 20.2 Å². The first-order chi connectivity index (χ1) is 6.83. The third-order valence-electron chi connectivity index (χ3n) is 1.85. The number of alkyl halides is 1. The van der Waals surface area contributed by atoms with Crippen molar-refractivity contribution in [3.05, 3.63) is 12.7 Å². The van der Waals surface area contributed by atoms with Crippen LogP contribution in [0.1, 0.15) is 51.9 Å². The minimum Gasteiger partial charge on any atom is -0.395 e. The van der Waals surface area contributed by atoms with E-state index in [1.54, 1.807) is 0 Å². The maximum absolute atomic E-state index is 7.74. The largest absolute Gasteiger partial charge is 0.395 e. The van der Waals surface area contributed by atoms with Crippen LogP contribution in [0.5, 0.6) is 0 Å². The smallest absolute Gasteiger partial charge is 0.0566 e. The van der Waals surface area contributed by atoms with E-state index in [0.29, 0.717) is 5.88 Å². The van der Waals surface area contributed by atoms with Gasteiger partial charge in [-0.15, -0.1) is 18.2 Å². The Kier molecular flexibility index (Phi) is 21.9. The Balaban J connectivity index is 0. The number of unbranched alkanes of at least 4 members (excludes halogenated alkanes) is 6. The van der Waals surface area contributed by atoms with Crippen LogP contribution in [0.15, 0.2) is 12.7 Å². The molecule has 0 aliphatic rings. The van der Waals surface area contributed by atoms with Gasteiger partial charge >= 0.3 is 0 Å². The van der Waals surface area contributed by atoms with Crippen molar-refractivity contribution in [2.24, 2.45) is 0 Å². The zero-order chi connectivity index (χ0) is 11.1. The summed E-state index contributed by atoms with van der Waals surface area (Å²) in [5, 5.41) is 7.74. The first-order valence-electron chi connectivity index (χ1n) is 5.61. The number of hydrogen-bond acceptors (Lipinski definition) is 1. The molecule has 0 aromatic carbocycles. The second-order valence-electron chi connectivity index (χ2n) is 3.26. The van der Waals surface area contributed by atoms with Gasteiger partial charge in [0.1, 0.15) is 0 Å². The average molecular weight is 221 g/mol. The lowest BCUT2D eigenvalue weighted by Crippen LogP contribution is -1.76. The molecule has 0 heterocycles. The number of aliphatic hydroxyl groups is 1. The average Bonchev–Trinajstić information content (AvgIpc) is 2.24. The zero-order valence-electron chi connectivity index (χ0n) is 9.47. The molecule has 1 N–H and O–H groups in total. The van der Waals surface area contributed by atoms with Crippen molar-refractivity contribution in [3.63, 3.8) is 0 Å². The Labute approximate surface area is 94.2 Å². The lowest BCUT2D eigenvalue weighted by Gasteiger charge is -1.96. The molecule has 0 unspecified atom stereocenters. The summed E-state index contributed by atoms with van der Waals surface area (Å²) in [6, 6.07) is 0. The Bertz CT molecular complexity index is 92.3. The fraction of sp³-hybridized carbons (Fsp3) is 0.833. The number of aliphatic hydroxyl groups excluding tert-OH is 1. The van der Waals surface area contributed by atoms with Crippen LogP contribution in [0, 0.1) is 0 Å². The number of halogens is 1. The Morgan fingerprint density at radius 3 is 2.07 bits per heavy atom. The highest BCUT2D eigenvalue weighted by atomic mass is 35.5.